The van der Waals surface area contributed by atoms with Crippen molar-refractivity contribution < 1.29 is 0 Å². The minimum Gasteiger partial charge on any atom is -0.313 e. The Morgan fingerprint density at radius 1 is 1.05 bits per heavy atom. The molecule has 2 aromatic rings. The van der Waals surface area contributed by atoms with E-state index >= 15 is 0 Å². The van der Waals surface area contributed by atoms with E-state index in [-0.39, 0.29) is 0 Å². The lowest BCUT2D eigenvalue weighted by Crippen LogP contribution is -2.19. The second-order valence-corrected chi connectivity index (χ2v) is 5.95. The van der Waals surface area contributed by atoms with Gasteiger partial charge in [0.2, 0.25) is 0 Å². The van der Waals surface area contributed by atoms with Gasteiger partial charge in [0.15, 0.2) is 0 Å². The lowest BCUT2D eigenvalue weighted by molar-refractivity contribution is 0.589. The fourth-order valence-electron chi connectivity index (χ4n) is 2.44. The third-order valence-corrected chi connectivity index (χ3v) is 4.03. The molecule has 0 spiro atoms. The summed E-state index contributed by atoms with van der Waals surface area (Å²) in [5.74, 6) is 0. The molecule has 100 valence electrons. The zero-order chi connectivity index (χ0) is 13.8. The quantitative estimate of drug-likeness (QED) is 0.871. The van der Waals surface area contributed by atoms with Crippen LogP contribution in [0.2, 0.25) is 0 Å². The Morgan fingerprint density at radius 3 is 2.32 bits per heavy atom. The molecule has 0 saturated heterocycles. The number of aryl methyl sites for hydroxylation is 2. The molecule has 0 aliphatic heterocycles. The molecule has 2 rings (SSSR count). The number of hydrogen-bond acceptors (Lipinski definition) is 1. The standard InChI is InChI=1S/C17H20BrN/c1-12-4-9-16(13(2)10-12)17(19-3)11-14-5-7-15(18)8-6-14/h4-10,17,19H,11H2,1-3H3. The average Bonchev–Trinajstić information content (AvgIpc) is 2.39. The Balaban J connectivity index is 2.22. The first-order valence-corrected chi connectivity index (χ1v) is 7.38. The van der Waals surface area contributed by atoms with E-state index in [0.29, 0.717) is 6.04 Å². The third-order valence-electron chi connectivity index (χ3n) is 3.50. The zero-order valence-corrected chi connectivity index (χ0v) is 13.3. The number of nitrogens with one attached hydrogen (secondary N) is 1. The van der Waals surface area contributed by atoms with Crippen LogP contribution in [0.25, 0.3) is 0 Å². The van der Waals surface area contributed by atoms with Crippen molar-refractivity contribution in [3.63, 3.8) is 0 Å². The van der Waals surface area contributed by atoms with Gasteiger partial charge < -0.3 is 5.32 Å². The Kier molecular flexibility index (Phi) is 4.78. The van der Waals surface area contributed by atoms with Crippen LogP contribution in [0.1, 0.15) is 28.3 Å². The molecule has 0 bridgehead atoms. The average molecular weight is 318 g/mol. The summed E-state index contributed by atoms with van der Waals surface area (Å²) in [4.78, 5) is 0. The summed E-state index contributed by atoms with van der Waals surface area (Å²) in [6.07, 6.45) is 1.01. The van der Waals surface area contributed by atoms with Crippen LogP contribution < -0.4 is 5.32 Å². The van der Waals surface area contributed by atoms with Crippen LogP contribution in [0.3, 0.4) is 0 Å². The van der Waals surface area contributed by atoms with Crippen LogP contribution in [0, 0.1) is 13.8 Å². The monoisotopic (exact) mass is 317 g/mol. The van der Waals surface area contributed by atoms with Crippen LogP contribution in [0.15, 0.2) is 46.9 Å². The number of rotatable bonds is 4. The second kappa shape index (κ2) is 6.36. The van der Waals surface area contributed by atoms with Crippen molar-refractivity contribution in [1.82, 2.24) is 5.32 Å². The van der Waals surface area contributed by atoms with E-state index in [2.05, 4.69) is 77.6 Å². The Hall–Kier alpha value is -1.12. The number of halogens is 1. The summed E-state index contributed by atoms with van der Waals surface area (Å²) >= 11 is 3.48. The summed E-state index contributed by atoms with van der Waals surface area (Å²) in [5.41, 5.74) is 5.41. The van der Waals surface area contributed by atoms with E-state index in [0.717, 1.165) is 10.9 Å². The van der Waals surface area contributed by atoms with Crippen LogP contribution in [-0.2, 0) is 6.42 Å². The van der Waals surface area contributed by atoms with Gasteiger partial charge in [0, 0.05) is 10.5 Å². The van der Waals surface area contributed by atoms with E-state index in [1.807, 2.05) is 7.05 Å². The van der Waals surface area contributed by atoms with Crippen molar-refractivity contribution in [2.75, 3.05) is 7.05 Å². The Bertz CT molecular complexity index is 546. The van der Waals surface area contributed by atoms with Crippen molar-refractivity contribution in [1.29, 1.82) is 0 Å². The lowest BCUT2D eigenvalue weighted by atomic mass is 9.94. The molecular weight excluding hydrogens is 298 g/mol. The maximum absolute atomic E-state index is 3.48. The van der Waals surface area contributed by atoms with E-state index < -0.39 is 0 Å². The Labute approximate surface area is 124 Å². The number of likely N-dealkylation sites (N-methyl/N-ethyl adjacent to an activating group) is 1. The van der Waals surface area contributed by atoms with E-state index in [1.54, 1.807) is 0 Å². The zero-order valence-electron chi connectivity index (χ0n) is 11.7. The molecule has 1 N–H and O–H groups in total. The molecule has 0 fully saturated rings. The predicted molar refractivity (Wildman–Crippen MR) is 85.6 cm³/mol. The largest absolute Gasteiger partial charge is 0.313 e. The normalized spacial score (nSPS) is 12.4. The van der Waals surface area contributed by atoms with Crippen molar-refractivity contribution in [2.45, 2.75) is 26.3 Å². The molecule has 2 heteroatoms. The maximum atomic E-state index is 3.48. The van der Waals surface area contributed by atoms with E-state index in [9.17, 15) is 0 Å². The minimum atomic E-state index is 0.363. The Morgan fingerprint density at radius 2 is 1.74 bits per heavy atom. The van der Waals surface area contributed by atoms with Crippen LogP contribution >= 0.6 is 15.9 Å². The first kappa shape index (κ1) is 14.3. The summed E-state index contributed by atoms with van der Waals surface area (Å²) in [6, 6.07) is 15.6. The second-order valence-electron chi connectivity index (χ2n) is 5.03. The molecule has 0 amide bonds. The highest BCUT2D eigenvalue weighted by atomic mass is 79.9. The predicted octanol–water partition coefficient (Wildman–Crippen LogP) is 4.57. The lowest BCUT2D eigenvalue weighted by Gasteiger charge is -2.19. The van der Waals surface area contributed by atoms with Gasteiger partial charge in [0.1, 0.15) is 0 Å². The van der Waals surface area contributed by atoms with Crippen LogP contribution in [-0.4, -0.2) is 7.05 Å². The SMILES string of the molecule is CNC(Cc1ccc(Br)cc1)c1ccc(C)cc1C. The van der Waals surface area contributed by atoms with Crippen molar-refractivity contribution in [2.24, 2.45) is 0 Å². The van der Waals surface area contributed by atoms with Crippen LogP contribution in [0.5, 0.6) is 0 Å². The highest BCUT2D eigenvalue weighted by Crippen LogP contribution is 2.23. The molecule has 1 atom stereocenters. The van der Waals surface area contributed by atoms with Crippen LogP contribution in [0.4, 0.5) is 0 Å². The van der Waals surface area contributed by atoms with Gasteiger partial charge in [-0.1, -0.05) is 51.8 Å². The molecule has 1 unspecified atom stereocenters. The summed E-state index contributed by atoms with van der Waals surface area (Å²) in [5, 5.41) is 3.43. The summed E-state index contributed by atoms with van der Waals surface area (Å²) in [6.45, 7) is 4.33. The molecule has 1 nitrogen and oxygen atoms in total. The van der Waals surface area contributed by atoms with Gasteiger partial charge in [-0.25, -0.2) is 0 Å². The van der Waals surface area contributed by atoms with Gasteiger partial charge in [-0.3, -0.25) is 0 Å². The highest BCUT2D eigenvalue weighted by Gasteiger charge is 2.12. The van der Waals surface area contributed by atoms with Gasteiger partial charge in [0.05, 0.1) is 0 Å². The van der Waals surface area contributed by atoms with E-state index in [1.165, 1.54) is 22.3 Å². The third kappa shape index (κ3) is 3.68. The maximum Gasteiger partial charge on any atom is 0.0361 e. The first-order chi connectivity index (χ1) is 9.10. The van der Waals surface area contributed by atoms with Crippen molar-refractivity contribution in [3.05, 3.63) is 69.2 Å². The smallest absolute Gasteiger partial charge is 0.0361 e. The van der Waals surface area contributed by atoms with Gasteiger partial charge >= 0.3 is 0 Å². The molecule has 0 heterocycles. The van der Waals surface area contributed by atoms with Gasteiger partial charge in [-0.15, -0.1) is 0 Å². The number of benzene rings is 2. The molecule has 2 aromatic carbocycles. The molecule has 0 aliphatic carbocycles. The highest BCUT2D eigenvalue weighted by molar-refractivity contribution is 9.10. The summed E-state index contributed by atoms with van der Waals surface area (Å²) in [7, 11) is 2.03. The number of hydrogen-bond donors (Lipinski definition) is 1. The van der Waals surface area contributed by atoms with Gasteiger partial charge in [-0.2, -0.15) is 0 Å². The molecule has 0 saturated carbocycles. The minimum absolute atomic E-state index is 0.363. The van der Waals surface area contributed by atoms with E-state index in [4.69, 9.17) is 0 Å². The topological polar surface area (TPSA) is 12.0 Å². The fraction of sp³-hybridized carbons (Fsp3) is 0.294. The molecule has 0 radical (unpaired) electrons. The molecular formula is C17H20BrN. The summed E-state index contributed by atoms with van der Waals surface area (Å²) < 4.78 is 1.13. The van der Waals surface area contributed by atoms with Gasteiger partial charge in [-0.05, 0) is 56.1 Å². The van der Waals surface area contributed by atoms with Crippen molar-refractivity contribution >= 4 is 15.9 Å². The van der Waals surface area contributed by atoms with Gasteiger partial charge in [0.25, 0.3) is 0 Å². The first-order valence-electron chi connectivity index (χ1n) is 6.59. The molecule has 0 aromatic heterocycles. The molecule has 0 aliphatic rings. The van der Waals surface area contributed by atoms with Crippen molar-refractivity contribution in [3.8, 4) is 0 Å². The molecule has 19 heavy (non-hydrogen) atoms. The fourth-order valence-corrected chi connectivity index (χ4v) is 2.70.